The number of nitrogens with zero attached hydrogens (tertiary/aromatic N) is 18. The second kappa shape index (κ2) is 40.8. The second-order valence-electron chi connectivity index (χ2n) is 33.8. The molecule has 138 heavy (non-hydrogen) atoms. The van der Waals surface area contributed by atoms with E-state index in [0.717, 1.165) is 0 Å². The number of nitrogens with two attached hydrogens (primary N) is 3. The lowest BCUT2D eigenvalue weighted by Crippen LogP contribution is -2.54. The Morgan fingerprint density at radius 1 is 0.399 bits per heavy atom. The Hall–Kier alpha value is -12.7. The summed E-state index contributed by atoms with van der Waals surface area (Å²) in [5, 5.41) is 28.2. The van der Waals surface area contributed by atoms with Crippen LogP contribution in [0.5, 0.6) is 0 Å². The Balaban J connectivity index is 0.000000175. The van der Waals surface area contributed by atoms with Gasteiger partial charge in [0.15, 0.2) is 34.9 Å². The lowest BCUT2D eigenvalue weighted by atomic mass is 10.0. The van der Waals surface area contributed by atoms with E-state index in [1.54, 1.807) is 72.3 Å². The molecule has 0 radical (unpaired) electrons. The average molecular weight is 2060 g/mol. The van der Waals surface area contributed by atoms with Crippen molar-refractivity contribution < 1.29 is 40.7 Å². The molecule has 3 aliphatic heterocycles. The van der Waals surface area contributed by atoms with Crippen molar-refractivity contribution >= 4 is 189 Å². The normalized spacial score (nSPS) is 15.0. The molecule has 714 valence electrons. The Morgan fingerprint density at radius 2 is 0.688 bits per heavy atom. The van der Waals surface area contributed by atoms with Crippen LogP contribution in [0.2, 0.25) is 45.2 Å². The Morgan fingerprint density at radius 3 is 0.986 bits per heavy atom. The van der Waals surface area contributed by atoms with Gasteiger partial charge in [0, 0.05) is 117 Å². The van der Waals surface area contributed by atoms with Gasteiger partial charge in [-0.1, -0.05) is 166 Å². The number of carbonyl (C=O) groups excluding carboxylic acids is 3. The van der Waals surface area contributed by atoms with Crippen molar-refractivity contribution in [1.82, 2.24) is 58.3 Å². The lowest BCUT2D eigenvalue weighted by molar-refractivity contribution is -0.129. The number of halogens is 15. The Kier molecular flexibility index (Phi) is 30.3. The predicted octanol–water partition coefficient (Wildman–Crippen LogP) is 20.4. The highest BCUT2D eigenvalue weighted by Crippen LogP contribution is 2.50. The summed E-state index contributed by atoms with van der Waals surface area (Å²) in [5.41, 5.74) is 16.1. The molecule has 3 amide bonds. The summed E-state index contributed by atoms with van der Waals surface area (Å²) in [5.74, 6) is -9.02. The summed E-state index contributed by atoms with van der Waals surface area (Å²) in [6.07, 6.45) is 8.54. The molecule has 0 saturated carbocycles. The van der Waals surface area contributed by atoms with Gasteiger partial charge in [0.2, 0.25) is 17.7 Å². The number of benzene rings is 3. The van der Waals surface area contributed by atoms with E-state index in [4.69, 9.17) is 137 Å². The molecule has 12 aromatic rings. The third kappa shape index (κ3) is 18.0. The number of anilines is 6. The van der Waals surface area contributed by atoms with Gasteiger partial charge in [0.25, 0.3) is 16.7 Å². The molecule has 3 aromatic carbocycles. The summed E-state index contributed by atoms with van der Waals surface area (Å²) in [6.45, 7) is 35.5. The third-order valence-corrected chi connectivity index (χ3v) is 27.3. The van der Waals surface area contributed by atoms with E-state index in [-0.39, 0.29) is 205 Å². The van der Waals surface area contributed by atoms with Crippen molar-refractivity contribution in [3.8, 4) is 69.0 Å². The van der Waals surface area contributed by atoms with Crippen molar-refractivity contribution in [3.63, 3.8) is 0 Å². The number of aryl methyl sites for hydroxylation is 3. The van der Waals surface area contributed by atoms with Crippen molar-refractivity contribution in [2.45, 2.75) is 119 Å². The molecule has 6 N–H and O–H groups in total. The van der Waals surface area contributed by atoms with E-state index in [1.807, 2.05) is 77.0 Å². The van der Waals surface area contributed by atoms with Crippen LogP contribution in [-0.4, -0.2) is 153 Å². The number of piperazine rings is 3. The first-order valence-corrected chi connectivity index (χ1v) is 46.0. The van der Waals surface area contributed by atoms with Gasteiger partial charge in [0.1, 0.15) is 62.5 Å². The lowest BCUT2D eigenvalue weighted by Gasteiger charge is -2.41. The summed E-state index contributed by atoms with van der Waals surface area (Å²) in [7, 11) is 0. The molecule has 9 aromatic heterocycles. The Bertz CT molecular complexity index is 6790. The van der Waals surface area contributed by atoms with Crippen molar-refractivity contribution in [2.75, 3.05) is 90.8 Å². The van der Waals surface area contributed by atoms with Crippen LogP contribution < -0.4 is 48.6 Å². The number of nitriles is 3. The topological polar surface area (TPSA) is 363 Å². The fourth-order valence-electron chi connectivity index (χ4n) is 17.5. The first-order chi connectivity index (χ1) is 65.2. The Labute approximate surface area is 831 Å². The molecule has 0 bridgehead atoms. The maximum atomic E-state index is 15.6. The number of nitrogen functional groups attached to an aromatic ring is 3. The van der Waals surface area contributed by atoms with Gasteiger partial charge >= 0.3 is 0 Å². The van der Waals surface area contributed by atoms with Gasteiger partial charge in [-0.05, 0) is 131 Å². The number of amides is 3. The molecule has 0 spiro atoms. The van der Waals surface area contributed by atoms with E-state index >= 15 is 8.78 Å². The van der Waals surface area contributed by atoms with Gasteiger partial charge < -0.3 is 46.6 Å². The first kappa shape index (κ1) is 103. The van der Waals surface area contributed by atoms with Gasteiger partial charge in [-0.3, -0.25) is 57.4 Å². The van der Waals surface area contributed by atoms with Crippen molar-refractivity contribution in [2.24, 2.45) is 0 Å². The van der Waals surface area contributed by atoms with E-state index in [2.05, 4.69) is 52.9 Å². The molecular formula is C96H84Cl9F6N21O6. The number of carbonyl (C=O) groups is 3. The van der Waals surface area contributed by atoms with Crippen LogP contribution in [0.25, 0.3) is 83.9 Å². The highest BCUT2D eigenvalue weighted by atomic mass is 35.5. The van der Waals surface area contributed by atoms with Crippen LogP contribution in [-0.2, 0) is 14.4 Å². The molecule has 0 aliphatic carbocycles. The molecule has 3 saturated heterocycles. The van der Waals surface area contributed by atoms with Crippen LogP contribution >= 0.6 is 104 Å². The maximum Gasteiger partial charge on any atom is 0.276 e. The molecule has 3 fully saturated rings. The number of rotatable bonds is 15. The minimum Gasteiger partial charge on any atom is -0.395 e. The molecule has 12 heterocycles. The smallest absolute Gasteiger partial charge is 0.276 e. The molecular weight excluding hydrogens is 1980 g/mol. The quantitative estimate of drug-likeness (QED) is 0.0282. The third-order valence-electron chi connectivity index (χ3n) is 24.1. The summed E-state index contributed by atoms with van der Waals surface area (Å²) < 4.78 is 93.3. The standard InChI is InChI=1S/3C32H28Cl3F2N7O2/c1-6-20(45)43-10-9-42(13-16(43)5)30-17-11-19(33)28(21-22(34)26(39)25(37)23(35)24(21)36)41-31(17)44(32(46)18(30)12-38)29-15(4)7-8-40-27(29)14(2)3;1-6-20(45)43-10-9-42(13-16(43)5)30-17-11-19(33)28(21-22(34)23(35)25(37)26(39)24(21)36)41-31(17)44(32(46)18(30)12-38)29-15(4)7-8-40-27(29)14(2)3;1-6-20(45)43-10-9-42(13-16(43)5)30-17-11-19(33)28(21-22(34)24(36)25(37)26(39)23(21)35)41-31(17)44(32(46)18(30)12-38)29-15(4)7-8-40-27(29)14(2)3/h3*6-8,11,14,16H,1,9-10,13,39H2,2-5H3/t3*16-/m111/s1. The van der Waals surface area contributed by atoms with Crippen LogP contribution in [0.1, 0.15) is 131 Å². The van der Waals surface area contributed by atoms with Crippen LogP contribution in [0, 0.1) is 89.7 Å². The van der Waals surface area contributed by atoms with Crippen molar-refractivity contribution in [3.05, 3.63) is 255 Å². The van der Waals surface area contributed by atoms with E-state index in [1.165, 1.54) is 50.1 Å². The monoisotopic (exact) mass is 2060 g/mol. The molecule has 0 unspecified atom stereocenters. The highest BCUT2D eigenvalue weighted by Gasteiger charge is 2.40. The number of aromatic nitrogens is 9. The summed E-state index contributed by atoms with van der Waals surface area (Å²) in [4.78, 5) is 119. The highest BCUT2D eigenvalue weighted by molar-refractivity contribution is 6.45. The average Bonchev–Trinajstić information content (AvgIpc) is 0.726. The number of hydrogen-bond donors (Lipinski definition) is 3. The molecule has 3 aliphatic rings. The summed E-state index contributed by atoms with van der Waals surface area (Å²) >= 11 is 57.7. The fraction of sp³-hybridized carbons (Fsp3) is 0.281. The van der Waals surface area contributed by atoms with Gasteiger partial charge in [-0.2, -0.15) is 15.8 Å². The van der Waals surface area contributed by atoms with E-state index < -0.39 is 110 Å². The largest absolute Gasteiger partial charge is 0.395 e. The molecule has 3 atom stereocenters. The van der Waals surface area contributed by atoms with Crippen LogP contribution in [0.15, 0.2) is 107 Å². The van der Waals surface area contributed by atoms with Crippen molar-refractivity contribution in [1.29, 1.82) is 15.8 Å². The molecule has 27 nitrogen and oxygen atoms in total. The first-order valence-electron chi connectivity index (χ1n) is 42.6. The molecule has 15 rings (SSSR count). The predicted molar refractivity (Wildman–Crippen MR) is 531 cm³/mol. The zero-order valence-electron chi connectivity index (χ0n) is 75.8. The number of hydrogen-bond acceptors (Lipinski definition) is 21. The number of fused-ring (bicyclic) bond motifs is 3. The van der Waals surface area contributed by atoms with Gasteiger partial charge in [-0.15, -0.1) is 0 Å². The summed E-state index contributed by atoms with van der Waals surface area (Å²) in [6, 6.07) is 14.8. The van der Waals surface area contributed by atoms with Gasteiger partial charge in [0.05, 0.1) is 131 Å². The van der Waals surface area contributed by atoms with E-state index in [0.29, 0.717) is 62.8 Å². The molecule has 42 heteroatoms. The number of pyridine rings is 9. The zero-order valence-corrected chi connectivity index (χ0v) is 82.6. The van der Waals surface area contributed by atoms with Crippen LogP contribution in [0.3, 0.4) is 0 Å². The minimum absolute atomic E-state index is 0.00290. The zero-order chi connectivity index (χ0) is 101. The van der Waals surface area contributed by atoms with Gasteiger partial charge in [-0.25, -0.2) is 41.3 Å². The second-order valence-corrected chi connectivity index (χ2v) is 37.3. The maximum absolute atomic E-state index is 15.6. The minimum atomic E-state index is -1.44. The SMILES string of the molecule is C=CC(=O)N1CCN(c2c(C#N)c(=O)n(-c3c(C)ccnc3C(C)C)c3nc(-c4c(Cl)c(N)c(F)c(F)c4Cl)c(Cl)cc23)C[C@H]1C.C=CC(=O)N1CCN(c2c(C#N)c(=O)n(-c3c(C)ccnc3C(C)C)c3nc(-c4c(F)c(Cl)c(F)c(N)c4Cl)c(Cl)cc23)C[C@H]1C.C=CC(=O)N1CCN(c2c(C#N)c(=O)n(-c3c(C)ccnc3C(C)C)c3nc(-c4c(F)c(N)c(F)c(Cl)c4Cl)c(Cl)cc23)C[C@H]1C. The van der Waals surface area contributed by atoms with E-state index in [9.17, 15) is 62.1 Å². The fourth-order valence-corrected chi connectivity index (χ4v) is 19.7. The van der Waals surface area contributed by atoms with Crippen LogP contribution in [0.4, 0.5) is 60.5 Å².